The lowest BCUT2D eigenvalue weighted by molar-refractivity contribution is 0.799. The summed E-state index contributed by atoms with van der Waals surface area (Å²) in [5.74, 6) is 0.560. The number of nitrogens with one attached hydrogen (secondary N) is 1. The van der Waals surface area contributed by atoms with E-state index in [0.717, 1.165) is 11.4 Å². The molecule has 2 rings (SSSR count). The van der Waals surface area contributed by atoms with Crippen LogP contribution in [0.1, 0.15) is 30.4 Å². The van der Waals surface area contributed by atoms with Crippen molar-refractivity contribution in [3.05, 3.63) is 29.3 Å². The van der Waals surface area contributed by atoms with Gasteiger partial charge in [0.2, 0.25) is 0 Å². The lowest BCUT2D eigenvalue weighted by Gasteiger charge is -2.24. The molecule has 1 unspecified atom stereocenters. The molecule has 68 valence electrons. The largest absolute Gasteiger partial charge is 0.350 e. The third-order valence-electron chi connectivity index (χ3n) is 2.51. The average Bonchev–Trinajstić information content (AvgIpc) is 2.02. The van der Waals surface area contributed by atoms with Gasteiger partial charge in [-0.2, -0.15) is 0 Å². The monoisotopic (exact) mass is 191 g/mol. The van der Waals surface area contributed by atoms with E-state index in [4.69, 9.17) is 12.2 Å². The van der Waals surface area contributed by atoms with Crippen LogP contribution in [-0.4, -0.2) is 4.99 Å². The van der Waals surface area contributed by atoms with Crippen LogP contribution < -0.4 is 5.32 Å². The Balaban J connectivity index is 2.49. The Morgan fingerprint density at radius 1 is 1.46 bits per heavy atom. The molecule has 2 heteroatoms. The first kappa shape index (κ1) is 8.70. The molecule has 0 spiro atoms. The third kappa shape index (κ3) is 1.59. The highest BCUT2D eigenvalue weighted by Gasteiger charge is 2.18. The maximum absolute atomic E-state index is 5.19. The molecule has 13 heavy (non-hydrogen) atoms. The average molecular weight is 191 g/mol. The standard InChI is InChI=1S/C11H13NS/c1-7-3-4-9-8(2)6-11(13)12-10(9)5-7/h3-5,8H,6H2,1-2H3,(H,12,13). The second-order valence-corrected chi connectivity index (χ2v) is 4.24. The number of hydrogen-bond acceptors (Lipinski definition) is 1. The van der Waals surface area contributed by atoms with Crippen LogP contribution >= 0.6 is 12.2 Å². The summed E-state index contributed by atoms with van der Waals surface area (Å²) in [6, 6.07) is 6.52. The third-order valence-corrected chi connectivity index (χ3v) is 2.77. The van der Waals surface area contributed by atoms with Crippen LogP contribution in [0.5, 0.6) is 0 Å². The maximum atomic E-state index is 5.19. The number of fused-ring (bicyclic) bond motifs is 1. The maximum Gasteiger partial charge on any atom is 0.0803 e. The normalized spacial score (nSPS) is 20.8. The molecule has 0 amide bonds. The second kappa shape index (κ2) is 3.11. The Morgan fingerprint density at radius 2 is 2.23 bits per heavy atom. The van der Waals surface area contributed by atoms with E-state index in [2.05, 4.69) is 37.4 Å². The highest BCUT2D eigenvalue weighted by molar-refractivity contribution is 7.80. The lowest BCUT2D eigenvalue weighted by atomic mass is 9.92. The van der Waals surface area contributed by atoms with Crippen LogP contribution in [0.25, 0.3) is 0 Å². The van der Waals surface area contributed by atoms with Gasteiger partial charge < -0.3 is 5.32 Å². The van der Waals surface area contributed by atoms with Gasteiger partial charge in [0.05, 0.1) is 4.99 Å². The van der Waals surface area contributed by atoms with Crippen molar-refractivity contribution >= 4 is 22.9 Å². The quantitative estimate of drug-likeness (QED) is 0.632. The zero-order chi connectivity index (χ0) is 9.42. The van der Waals surface area contributed by atoms with Crippen molar-refractivity contribution in [3.63, 3.8) is 0 Å². The van der Waals surface area contributed by atoms with Crippen LogP contribution in [0.4, 0.5) is 5.69 Å². The van der Waals surface area contributed by atoms with E-state index in [9.17, 15) is 0 Å². The van der Waals surface area contributed by atoms with Crippen molar-refractivity contribution < 1.29 is 0 Å². The van der Waals surface area contributed by atoms with Crippen molar-refractivity contribution in [3.8, 4) is 0 Å². The zero-order valence-electron chi connectivity index (χ0n) is 7.92. The van der Waals surface area contributed by atoms with Gasteiger partial charge in [0.1, 0.15) is 0 Å². The van der Waals surface area contributed by atoms with Gasteiger partial charge >= 0.3 is 0 Å². The summed E-state index contributed by atoms with van der Waals surface area (Å²) in [4.78, 5) is 0.964. The van der Waals surface area contributed by atoms with E-state index < -0.39 is 0 Å². The van der Waals surface area contributed by atoms with Crippen LogP contribution in [0.3, 0.4) is 0 Å². The molecule has 1 aliphatic rings. The molecule has 1 aromatic carbocycles. The second-order valence-electron chi connectivity index (χ2n) is 3.74. The Labute approximate surface area is 84.2 Å². The summed E-state index contributed by atoms with van der Waals surface area (Å²) in [6.07, 6.45) is 0.978. The number of benzene rings is 1. The Hall–Kier alpha value is -0.890. The van der Waals surface area contributed by atoms with Gasteiger partial charge in [0.25, 0.3) is 0 Å². The van der Waals surface area contributed by atoms with Crippen LogP contribution in [-0.2, 0) is 0 Å². The smallest absolute Gasteiger partial charge is 0.0803 e. The molecule has 1 aromatic rings. The molecular formula is C11H13NS. The van der Waals surface area contributed by atoms with Crippen LogP contribution in [0, 0.1) is 6.92 Å². The van der Waals surface area contributed by atoms with E-state index in [0.29, 0.717) is 5.92 Å². The van der Waals surface area contributed by atoms with Crippen LogP contribution in [0.2, 0.25) is 0 Å². The Morgan fingerprint density at radius 3 is 3.00 bits per heavy atom. The van der Waals surface area contributed by atoms with Gasteiger partial charge in [-0.1, -0.05) is 31.3 Å². The molecule has 0 aliphatic carbocycles. The Bertz CT molecular complexity index is 357. The molecule has 0 bridgehead atoms. The van der Waals surface area contributed by atoms with E-state index in [1.54, 1.807) is 0 Å². The van der Waals surface area contributed by atoms with Crippen LogP contribution in [0.15, 0.2) is 18.2 Å². The summed E-state index contributed by atoms with van der Waals surface area (Å²) in [5, 5.41) is 3.26. The molecule has 1 aliphatic heterocycles. The predicted molar refractivity (Wildman–Crippen MR) is 60.4 cm³/mol. The molecule has 0 radical (unpaired) electrons. The van der Waals surface area contributed by atoms with E-state index in [1.807, 2.05) is 0 Å². The minimum Gasteiger partial charge on any atom is -0.350 e. The molecule has 1 N–H and O–H groups in total. The number of thiocarbonyl (C=S) groups is 1. The van der Waals surface area contributed by atoms with Gasteiger partial charge in [-0.15, -0.1) is 0 Å². The Kier molecular flexibility index (Phi) is 2.08. The van der Waals surface area contributed by atoms with Crippen molar-refractivity contribution in [1.29, 1.82) is 0 Å². The number of anilines is 1. The minimum absolute atomic E-state index is 0.560. The summed E-state index contributed by atoms with van der Waals surface area (Å²) in [5.41, 5.74) is 3.87. The molecule has 0 aromatic heterocycles. The molecular weight excluding hydrogens is 178 g/mol. The van der Waals surface area contributed by atoms with Crippen molar-refractivity contribution in [2.45, 2.75) is 26.2 Å². The van der Waals surface area contributed by atoms with Gasteiger partial charge in [-0.3, -0.25) is 0 Å². The van der Waals surface area contributed by atoms with E-state index in [1.165, 1.54) is 16.8 Å². The number of hydrogen-bond donors (Lipinski definition) is 1. The zero-order valence-corrected chi connectivity index (χ0v) is 8.74. The number of rotatable bonds is 0. The topological polar surface area (TPSA) is 12.0 Å². The summed E-state index contributed by atoms with van der Waals surface area (Å²) in [7, 11) is 0. The van der Waals surface area contributed by atoms with Crippen molar-refractivity contribution in [2.24, 2.45) is 0 Å². The van der Waals surface area contributed by atoms with Crippen molar-refractivity contribution in [2.75, 3.05) is 5.32 Å². The summed E-state index contributed by atoms with van der Waals surface area (Å²) >= 11 is 5.19. The molecule has 1 atom stereocenters. The molecule has 1 nitrogen and oxygen atoms in total. The van der Waals surface area contributed by atoms with Gasteiger partial charge in [0.15, 0.2) is 0 Å². The fraction of sp³-hybridized carbons (Fsp3) is 0.364. The molecule has 0 saturated heterocycles. The summed E-state index contributed by atoms with van der Waals surface area (Å²) < 4.78 is 0. The first-order chi connectivity index (χ1) is 6.16. The predicted octanol–water partition coefficient (Wildman–Crippen LogP) is 3.24. The van der Waals surface area contributed by atoms with Gasteiger partial charge in [-0.05, 0) is 30.0 Å². The summed E-state index contributed by atoms with van der Waals surface area (Å²) in [6.45, 7) is 4.32. The molecule has 1 heterocycles. The lowest BCUT2D eigenvalue weighted by Crippen LogP contribution is -2.19. The fourth-order valence-electron chi connectivity index (χ4n) is 1.80. The van der Waals surface area contributed by atoms with E-state index >= 15 is 0 Å². The highest BCUT2D eigenvalue weighted by atomic mass is 32.1. The SMILES string of the molecule is Cc1ccc2c(c1)NC(=S)CC2C. The highest BCUT2D eigenvalue weighted by Crippen LogP contribution is 2.32. The first-order valence-electron chi connectivity index (χ1n) is 4.57. The number of aryl methyl sites for hydroxylation is 1. The van der Waals surface area contributed by atoms with Gasteiger partial charge in [0, 0.05) is 12.1 Å². The van der Waals surface area contributed by atoms with E-state index in [-0.39, 0.29) is 0 Å². The minimum atomic E-state index is 0.560. The molecule has 0 fully saturated rings. The first-order valence-corrected chi connectivity index (χ1v) is 4.98. The fourth-order valence-corrected chi connectivity index (χ4v) is 2.16. The van der Waals surface area contributed by atoms with Crippen molar-refractivity contribution in [1.82, 2.24) is 0 Å². The van der Waals surface area contributed by atoms with Gasteiger partial charge in [-0.25, -0.2) is 0 Å². The molecule has 0 saturated carbocycles.